The van der Waals surface area contributed by atoms with Crippen LogP contribution in [0.4, 0.5) is 0 Å². The fourth-order valence-electron chi connectivity index (χ4n) is 1.19. The molecule has 16 heavy (non-hydrogen) atoms. The predicted octanol–water partition coefficient (Wildman–Crippen LogP) is 0.0263. The van der Waals surface area contributed by atoms with Gasteiger partial charge in [-0.1, -0.05) is 0 Å². The van der Waals surface area contributed by atoms with E-state index in [-0.39, 0.29) is 18.0 Å². The van der Waals surface area contributed by atoms with E-state index in [4.69, 9.17) is 5.73 Å². The zero-order valence-electron chi connectivity index (χ0n) is 8.96. The van der Waals surface area contributed by atoms with Crippen molar-refractivity contribution < 1.29 is 13.2 Å². The van der Waals surface area contributed by atoms with E-state index in [9.17, 15) is 13.2 Å². The Labute approximate surface area is 94.6 Å². The molecule has 0 spiro atoms. The van der Waals surface area contributed by atoms with Gasteiger partial charge in [0, 0.05) is 24.2 Å². The molecule has 0 radical (unpaired) electrons. The number of carbonyl (C=O) groups is 1. The lowest BCUT2D eigenvalue weighted by molar-refractivity contribution is 0.0959. The zero-order valence-corrected chi connectivity index (χ0v) is 9.78. The van der Waals surface area contributed by atoms with Crippen LogP contribution in [0.5, 0.6) is 0 Å². The quantitative estimate of drug-likeness (QED) is 0.735. The van der Waals surface area contributed by atoms with E-state index in [0.717, 1.165) is 6.26 Å². The van der Waals surface area contributed by atoms with Crippen LogP contribution in [0, 0.1) is 0 Å². The van der Waals surface area contributed by atoms with Gasteiger partial charge in [-0.15, -0.1) is 0 Å². The van der Waals surface area contributed by atoms with Gasteiger partial charge < -0.3 is 5.73 Å². The van der Waals surface area contributed by atoms with E-state index in [1.165, 1.54) is 6.20 Å². The highest BCUT2D eigenvalue weighted by Crippen LogP contribution is 2.04. The van der Waals surface area contributed by atoms with Crippen molar-refractivity contribution in [2.45, 2.75) is 12.5 Å². The van der Waals surface area contributed by atoms with Crippen LogP contribution in [0.15, 0.2) is 24.5 Å². The second-order valence-electron chi connectivity index (χ2n) is 3.63. The maximum absolute atomic E-state index is 11.7. The number of Topliss-reactive ketones (excluding diaryl/α,β-unsaturated/α-hetero) is 1. The number of rotatable bonds is 5. The molecule has 88 valence electrons. The van der Waals surface area contributed by atoms with Crippen molar-refractivity contribution in [3.8, 4) is 0 Å². The van der Waals surface area contributed by atoms with Gasteiger partial charge in [0.05, 0.1) is 11.8 Å². The molecule has 1 aromatic rings. The van der Waals surface area contributed by atoms with Gasteiger partial charge in [-0.25, -0.2) is 8.42 Å². The van der Waals surface area contributed by atoms with E-state index in [2.05, 4.69) is 4.98 Å². The summed E-state index contributed by atoms with van der Waals surface area (Å²) in [5, 5.41) is 0. The average molecular weight is 242 g/mol. The SMILES string of the molecule is CS(=O)(=O)CCC(N)C(=O)c1cccnc1. The van der Waals surface area contributed by atoms with Gasteiger partial charge in [0.15, 0.2) is 5.78 Å². The van der Waals surface area contributed by atoms with Crippen LogP contribution in [0.1, 0.15) is 16.8 Å². The summed E-state index contributed by atoms with van der Waals surface area (Å²) in [6.07, 6.45) is 4.22. The minimum Gasteiger partial charge on any atom is -0.321 e. The number of ketones is 1. The molecule has 0 saturated carbocycles. The maximum Gasteiger partial charge on any atom is 0.181 e. The maximum atomic E-state index is 11.7. The number of sulfone groups is 1. The first-order chi connectivity index (χ1) is 7.40. The lowest BCUT2D eigenvalue weighted by Crippen LogP contribution is -2.32. The third-order valence-electron chi connectivity index (χ3n) is 2.08. The number of pyridine rings is 1. The number of nitrogens with zero attached hydrogens (tertiary/aromatic N) is 1. The van der Waals surface area contributed by atoms with Gasteiger partial charge in [-0.3, -0.25) is 9.78 Å². The molecular formula is C10H14N2O3S. The molecule has 0 fully saturated rings. The van der Waals surface area contributed by atoms with E-state index >= 15 is 0 Å². The Hall–Kier alpha value is -1.27. The molecule has 0 aromatic carbocycles. The summed E-state index contributed by atoms with van der Waals surface area (Å²) in [4.78, 5) is 15.5. The Kier molecular flexibility index (Phi) is 4.14. The molecule has 0 aliphatic carbocycles. The highest BCUT2D eigenvalue weighted by Gasteiger charge is 2.17. The number of hydrogen-bond donors (Lipinski definition) is 1. The summed E-state index contributed by atoms with van der Waals surface area (Å²) in [7, 11) is -3.08. The van der Waals surface area contributed by atoms with Crippen molar-refractivity contribution in [1.82, 2.24) is 4.98 Å². The van der Waals surface area contributed by atoms with E-state index in [1.54, 1.807) is 18.3 Å². The Morgan fingerprint density at radius 3 is 2.75 bits per heavy atom. The van der Waals surface area contributed by atoms with Gasteiger partial charge in [-0.2, -0.15) is 0 Å². The molecule has 0 bridgehead atoms. The molecular weight excluding hydrogens is 228 g/mol. The molecule has 0 aliphatic rings. The smallest absolute Gasteiger partial charge is 0.181 e. The predicted molar refractivity (Wildman–Crippen MR) is 60.9 cm³/mol. The summed E-state index contributed by atoms with van der Waals surface area (Å²) in [5.41, 5.74) is 6.02. The molecule has 2 N–H and O–H groups in total. The Balaban J connectivity index is 2.62. The third-order valence-corrected chi connectivity index (χ3v) is 3.06. The van der Waals surface area contributed by atoms with Crippen LogP contribution in [0.3, 0.4) is 0 Å². The van der Waals surface area contributed by atoms with Gasteiger partial charge in [0.2, 0.25) is 0 Å². The molecule has 1 rings (SSSR count). The van der Waals surface area contributed by atoms with Crippen molar-refractivity contribution in [3.05, 3.63) is 30.1 Å². The van der Waals surface area contributed by atoms with Gasteiger partial charge in [0.1, 0.15) is 9.84 Å². The van der Waals surface area contributed by atoms with E-state index in [1.807, 2.05) is 0 Å². The van der Waals surface area contributed by atoms with Crippen molar-refractivity contribution >= 4 is 15.6 Å². The van der Waals surface area contributed by atoms with Crippen molar-refractivity contribution in [2.24, 2.45) is 5.73 Å². The van der Waals surface area contributed by atoms with Crippen LogP contribution in [0.2, 0.25) is 0 Å². The van der Waals surface area contributed by atoms with E-state index < -0.39 is 15.9 Å². The zero-order chi connectivity index (χ0) is 12.2. The van der Waals surface area contributed by atoms with Crippen LogP contribution in [-0.2, 0) is 9.84 Å². The molecule has 1 aromatic heterocycles. The van der Waals surface area contributed by atoms with Crippen molar-refractivity contribution in [1.29, 1.82) is 0 Å². The van der Waals surface area contributed by atoms with Gasteiger partial charge in [0.25, 0.3) is 0 Å². The summed E-state index contributed by atoms with van der Waals surface area (Å²) >= 11 is 0. The normalized spacial score (nSPS) is 13.4. The monoisotopic (exact) mass is 242 g/mol. The first kappa shape index (κ1) is 12.8. The molecule has 1 atom stereocenters. The van der Waals surface area contributed by atoms with Crippen LogP contribution in [-0.4, -0.2) is 37.2 Å². The minimum atomic E-state index is -3.08. The highest BCUT2D eigenvalue weighted by molar-refractivity contribution is 7.90. The Morgan fingerprint density at radius 1 is 1.56 bits per heavy atom. The molecule has 1 unspecified atom stereocenters. The highest BCUT2D eigenvalue weighted by atomic mass is 32.2. The van der Waals surface area contributed by atoms with E-state index in [0.29, 0.717) is 5.56 Å². The topological polar surface area (TPSA) is 90.1 Å². The largest absolute Gasteiger partial charge is 0.321 e. The standard InChI is InChI=1S/C10H14N2O3S/c1-16(14,15)6-4-9(11)10(13)8-3-2-5-12-7-8/h2-3,5,7,9H,4,6,11H2,1H3. The molecule has 6 heteroatoms. The van der Waals surface area contributed by atoms with Crippen molar-refractivity contribution in [2.75, 3.05) is 12.0 Å². The Morgan fingerprint density at radius 2 is 2.25 bits per heavy atom. The number of carbonyl (C=O) groups excluding carboxylic acids is 1. The second-order valence-corrected chi connectivity index (χ2v) is 5.89. The molecule has 1 heterocycles. The summed E-state index contributed by atoms with van der Waals surface area (Å²) in [6, 6.07) is 2.45. The number of hydrogen-bond acceptors (Lipinski definition) is 5. The Bertz CT molecular complexity index is 456. The average Bonchev–Trinajstić information content (AvgIpc) is 2.25. The molecule has 0 amide bonds. The molecule has 0 saturated heterocycles. The minimum absolute atomic E-state index is 0.0832. The van der Waals surface area contributed by atoms with Crippen LogP contribution in [0.25, 0.3) is 0 Å². The second kappa shape index (κ2) is 5.18. The first-order valence-electron chi connectivity index (χ1n) is 4.78. The fourth-order valence-corrected chi connectivity index (χ4v) is 1.88. The molecule has 0 aliphatic heterocycles. The van der Waals surface area contributed by atoms with Crippen molar-refractivity contribution in [3.63, 3.8) is 0 Å². The summed E-state index contributed by atoms with van der Waals surface area (Å²) < 4.78 is 21.8. The summed E-state index contributed by atoms with van der Waals surface area (Å²) in [5.74, 6) is -0.364. The van der Waals surface area contributed by atoms with Gasteiger partial charge in [-0.05, 0) is 18.6 Å². The van der Waals surface area contributed by atoms with Crippen LogP contribution >= 0.6 is 0 Å². The number of nitrogens with two attached hydrogens (primary N) is 1. The fraction of sp³-hybridized carbons (Fsp3) is 0.400. The van der Waals surface area contributed by atoms with Crippen LogP contribution < -0.4 is 5.73 Å². The molecule has 5 nitrogen and oxygen atoms in total. The summed E-state index contributed by atoms with van der Waals surface area (Å²) in [6.45, 7) is 0. The first-order valence-corrected chi connectivity index (χ1v) is 6.84. The lowest BCUT2D eigenvalue weighted by Gasteiger charge is -2.09. The lowest BCUT2D eigenvalue weighted by atomic mass is 10.1. The third kappa shape index (κ3) is 4.08. The number of aromatic nitrogens is 1. The van der Waals surface area contributed by atoms with Gasteiger partial charge >= 0.3 is 0 Å².